The fourth-order valence-corrected chi connectivity index (χ4v) is 5.51. The fourth-order valence-electron chi connectivity index (χ4n) is 4.43. The summed E-state index contributed by atoms with van der Waals surface area (Å²) in [6, 6.07) is 8.61. The van der Waals surface area contributed by atoms with Gasteiger partial charge in [0, 0.05) is 36.8 Å². The average Bonchev–Trinajstić information content (AvgIpc) is 3.13. The number of fused-ring (bicyclic) bond motifs is 2. The van der Waals surface area contributed by atoms with Crippen LogP contribution in [0.15, 0.2) is 29.3 Å². The van der Waals surface area contributed by atoms with E-state index in [-0.39, 0.29) is 5.41 Å². The van der Waals surface area contributed by atoms with Gasteiger partial charge in [-0.05, 0) is 38.3 Å². The van der Waals surface area contributed by atoms with Gasteiger partial charge in [0.1, 0.15) is 0 Å². The molecule has 2 N–H and O–H groups in total. The quantitative estimate of drug-likeness (QED) is 0.622. The Balaban J connectivity index is 1.79. The second-order valence-electron chi connectivity index (χ2n) is 8.25. The molecule has 3 rings (SSSR count). The lowest BCUT2D eigenvalue weighted by molar-refractivity contribution is 0.445. The summed E-state index contributed by atoms with van der Waals surface area (Å²) >= 11 is 0. The summed E-state index contributed by atoms with van der Waals surface area (Å²) in [5.74, 6) is 0.796. The summed E-state index contributed by atoms with van der Waals surface area (Å²) in [5, 5.41) is 3.37. The molecule has 0 atom stereocenters. The van der Waals surface area contributed by atoms with Crippen LogP contribution in [-0.4, -0.2) is 46.3 Å². The van der Waals surface area contributed by atoms with Crippen molar-refractivity contribution in [3.8, 4) is 0 Å². The van der Waals surface area contributed by atoms with Crippen LogP contribution >= 0.6 is 0 Å². The summed E-state index contributed by atoms with van der Waals surface area (Å²) < 4.78 is 25.8. The molecular weight excluding hydrogens is 348 g/mol. The highest BCUT2D eigenvalue weighted by atomic mass is 32.2. The molecule has 2 aliphatic rings. The minimum Gasteiger partial charge on any atom is -0.354 e. The van der Waals surface area contributed by atoms with Crippen molar-refractivity contribution in [2.45, 2.75) is 50.5 Å². The summed E-state index contributed by atoms with van der Waals surface area (Å²) in [4.78, 5) is 6.74. The molecule has 1 aromatic rings. The van der Waals surface area contributed by atoms with E-state index in [0.29, 0.717) is 6.54 Å². The highest BCUT2D eigenvalue weighted by Gasteiger charge is 2.45. The van der Waals surface area contributed by atoms with Gasteiger partial charge in [0.2, 0.25) is 10.0 Å². The van der Waals surface area contributed by atoms with Crippen LogP contribution < -0.4 is 14.9 Å². The molecule has 1 aromatic carbocycles. The number of guanidine groups is 1. The second kappa shape index (κ2) is 6.85. The van der Waals surface area contributed by atoms with Crippen LogP contribution in [0.5, 0.6) is 0 Å². The number of hydrogen-bond donors (Lipinski definition) is 2. The van der Waals surface area contributed by atoms with Crippen molar-refractivity contribution in [2.24, 2.45) is 4.99 Å². The number of sulfonamides is 1. The lowest BCUT2D eigenvalue weighted by atomic mass is 9.81. The molecule has 0 radical (unpaired) electrons. The number of para-hydroxylation sites is 1. The highest BCUT2D eigenvalue weighted by Crippen LogP contribution is 2.50. The number of anilines is 1. The maximum Gasteiger partial charge on any atom is 0.209 e. The van der Waals surface area contributed by atoms with Crippen LogP contribution in [0.2, 0.25) is 0 Å². The van der Waals surface area contributed by atoms with Gasteiger partial charge < -0.3 is 10.2 Å². The molecule has 1 spiro atoms. The first-order valence-electron chi connectivity index (χ1n) is 9.23. The molecule has 1 aliphatic heterocycles. The van der Waals surface area contributed by atoms with E-state index in [1.165, 1.54) is 43.2 Å². The van der Waals surface area contributed by atoms with Crippen molar-refractivity contribution >= 4 is 21.7 Å². The monoisotopic (exact) mass is 378 g/mol. The molecular formula is C19H30N4O2S. The van der Waals surface area contributed by atoms with E-state index < -0.39 is 15.6 Å². The fraction of sp³-hybridized carbons (Fsp3) is 0.632. The van der Waals surface area contributed by atoms with Gasteiger partial charge in [0.05, 0.1) is 6.26 Å². The average molecular weight is 379 g/mol. The van der Waals surface area contributed by atoms with Crippen LogP contribution in [0.1, 0.15) is 45.1 Å². The zero-order chi connectivity index (χ0) is 19.0. The van der Waals surface area contributed by atoms with Gasteiger partial charge in [-0.2, -0.15) is 0 Å². The van der Waals surface area contributed by atoms with Gasteiger partial charge in [0.25, 0.3) is 0 Å². The van der Waals surface area contributed by atoms with Crippen molar-refractivity contribution in [1.29, 1.82) is 0 Å². The lowest BCUT2D eigenvalue weighted by Crippen LogP contribution is -2.54. The third kappa shape index (κ3) is 3.88. The van der Waals surface area contributed by atoms with Gasteiger partial charge in [0.15, 0.2) is 5.96 Å². The molecule has 6 nitrogen and oxygen atoms in total. The first-order valence-corrected chi connectivity index (χ1v) is 11.1. The third-order valence-corrected chi connectivity index (χ3v) is 6.33. The predicted molar refractivity (Wildman–Crippen MR) is 107 cm³/mol. The first-order chi connectivity index (χ1) is 12.2. The second-order valence-corrected chi connectivity index (χ2v) is 10.00. The molecule has 0 bridgehead atoms. The van der Waals surface area contributed by atoms with Crippen LogP contribution in [0.4, 0.5) is 5.69 Å². The van der Waals surface area contributed by atoms with E-state index in [9.17, 15) is 8.42 Å². The molecule has 0 unspecified atom stereocenters. The Hall–Kier alpha value is -1.60. The Morgan fingerprint density at radius 1 is 1.27 bits per heavy atom. The Bertz CT molecular complexity index is 796. The minimum atomic E-state index is -3.27. The zero-order valence-corrected chi connectivity index (χ0v) is 17.0. The van der Waals surface area contributed by atoms with Crippen LogP contribution in [0.3, 0.4) is 0 Å². The maximum atomic E-state index is 11.6. The van der Waals surface area contributed by atoms with Crippen LogP contribution in [0.25, 0.3) is 0 Å². The Morgan fingerprint density at radius 3 is 2.54 bits per heavy atom. The largest absolute Gasteiger partial charge is 0.354 e. The van der Waals surface area contributed by atoms with E-state index in [1.54, 1.807) is 7.05 Å². The summed E-state index contributed by atoms with van der Waals surface area (Å²) in [5.41, 5.74) is 2.27. The predicted octanol–water partition coefficient (Wildman–Crippen LogP) is 2.22. The van der Waals surface area contributed by atoms with Crippen molar-refractivity contribution in [2.75, 3.05) is 31.3 Å². The number of nitrogens with one attached hydrogen (secondary N) is 2. The summed E-state index contributed by atoms with van der Waals surface area (Å²) in [6.07, 6.45) is 6.18. The third-order valence-electron chi connectivity index (χ3n) is 5.41. The molecule has 0 amide bonds. The highest BCUT2D eigenvalue weighted by molar-refractivity contribution is 7.88. The topological polar surface area (TPSA) is 73.8 Å². The van der Waals surface area contributed by atoms with Crippen molar-refractivity contribution in [3.63, 3.8) is 0 Å². The molecule has 0 saturated heterocycles. The van der Waals surface area contributed by atoms with E-state index in [4.69, 9.17) is 0 Å². The Kier molecular flexibility index (Phi) is 5.05. The maximum absolute atomic E-state index is 11.6. The van der Waals surface area contributed by atoms with Crippen molar-refractivity contribution in [3.05, 3.63) is 29.8 Å². The van der Waals surface area contributed by atoms with Gasteiger partial charge in [-0.25, -0.2) is 13.1 Å². The van der Waals surface area contributed by atoms with Gasteiger partial charge in [-0.15, -0.1) is 0 Å². The number of rotatable bonds is 4. The van der Waals surface area contributed by atoms with Gasteiger partial charge in [-0.1, -0.05) is 31.0 Å². The molecule has 7 heteroatoms. The molecule has 1 saturated carbocycles. The van der Waals surface area contributed by atoms with Gasteiger partial charge >= 0.3 is 0 Å². The molecule has 26 heavy (non-hydrogen) atoms. The van der Waals surface area contributed by atoms with E-state index >= 15 is 0 Å². The van der Waals surface area contributed by atoms with Gasteiger partial charge in [-0.3, -0.25) is 4.99 Å². The number of hydrogen-bond acceptors (Lipinski definition) is 3. The molecule has 1 aliphatic carbocycles. The molecule has 0 aromatic heterocycles. The standard InChI is InChI=1S/C19H30N4O2S/c1-18(2,22-26(4,24)25)13-21-17(20-3)23-14-19(11-7-8-12-19)15-9-5-6-10-16(15)23/h5-6,9-10,22H,7-8,11-14H2,1-4H3,(H,20,21). The lowest BCUT2D eigenvalue weighted by Gasteiger charge is -2.30. The first kappa shape index (κ1) is 19.2. The van der Waals surface area contributed by atoms with Crippen molar-refractivity contribution < 1.29 is 8.42 Å². The zero-order valence-electron chi connectivity index (χ0n) is 16.2. The molecule has 1 fully saturated rings. The van der Waals surface area contributed by atoms with E-state index in [0.717, 1.165) is 12.5 Å². The molecule has 1 heterocycles. The molecule has 144 valence electrons. The smallest absolute Gasteiger partial charge is 0.209 e. The number of nitrogens with zero attached hydrogens (tertiary/aromatic N) is 2. The van der Waals surface area contributed by atoms with E-state index in [2.05, 4.69) is 44.2 Å². The number of aliphatic imine (C=N–C) groups is 1. The summed E-state index contributed by atoms with van der Waals surface area (Å²) in [6.45, 7) is 5.12. The Morgan fingerprint density at radius 2 is 1.92 bits per heavy atom. The Labute approximate surface area is 157 Å². The summed E-state index contributed by atoms with van der Waals surface area (Å²) in [7, 11) is -1.49. The van der Waals surface area contributed by atoms with Crippen molar-refractivity contribution in [1.82, 2.24) is 10.0 Å². The SMILES string of the molecule is CN=C(NCC(C)(C)NS(C)(=O)=O)N1CC2(CCCC2)c2ccccc21. The van der Waals surface area contributed by atoms with Crippen LogP contribution in [-0.2, 0) is 15.4 Å². The van der Waals surface area contributed by atoms with Crippen LogP contribution in [0, 0.1) is 0 Å². The number of benzene rings is 1. The minimum absolute atomic E-state index is 0.231. The normalized spacial score (nSPS) is 19.8. The van der Waals surface area contributed by atoms with E-state index in [1.807, 2.05) is 13.8 Å².